The number of carbonyl (C=O) groups is 1. The standard InChI is InChI=1S/C22H17ClN4O/c23-18-9-6-15(7-10-18)13-25-20-11-8-17(14-26-20)22(28)27-19-5-1-3-16-4-2-12-24-21(16)19/h1-12,14H,13H2,(H,25,26)(H,27,28). The number of halogens is 1. The van der Waals surface area contributed by atoms with Gasteiger partial charge in [-0.25, -0.2) is 4.98 Å². The van der Waals surface area contributed by atoms with E-state index in [-0.39, 0.29) is 5.91 Å². The van der Waals surface area contributed by atoms with Crippen molar-refractivity contribution in [3.8, 4) is 0 Å². The van der Waals surface area contributed by atoms with Crippen molar-refractivity contribution in [3.63, 3.8) is 0 Å². The molecule has 138 valence electrons. The smallest absolute Gasteiger partial charge is 0.257 e. The fourth-order valence-electron chi connectivity index (χ4n) is 2.83. The molecule has 0 radical (unpaired) electrons. The van der Waals surface area contributed by atoms with Crippen LogP contribution >= 0.6 is 11.6 Å². The molecule has 0 atom stereocenters. The highest BCUT2D eigenvalue weighted by Crippen LogP contribution is 2.21. The second-order valence-electron chi connectivity index (χ2n) is 6.25. The minimum absolute atomic E-state index is 0.227. The summed E-state index contributed by atoms with van der Waals surface area (Å²) in [5, 5.41) is 7.81. The summed E-state index contributed by atoms with van der Waals surface area (Å²) in [6, 6.07) is 20.6. The topological polar surface area (TPSA) is 66.9 Å². The van der Waals surface area contributed by atoms with Crippen LogP contribution in [0.2, 0.25) is 5.02 Å². The molecular weight excluding hydrogens is 372 g/mol. The predicted molar refractivity (Wildman–Crippen MR) is 113 cm³/mol. The SMILES string of the molecule is O=C(Nc1cccc2cccnc12)c1ccc(NCc2ccc(Cl)cc2)nc1. The highest BCUT2D eigenvalue weighted by atomic mass is 35.5. The number of pyridine rings is 2. The van der Waals surface area contributed by atoms with Crippen LogP contribution < -0.4 is 10.6 Å². The van der Waals surface area contributed by atoms with E-state index in [1.807, 2.05) is 54.6 Å². The van der Waals surface area contributed by atoms with Crippen LogP contribution in [0.4, 0.5) is 11.5 Å². The van der Waals surface area contributed by atoms with E-state index in [0.29, 0.717) is 28.6 Å². The van der Waals surface area contributed by atoms with E-state index >= 15 is 0 Å². The van der Waals surface area contributed by atoms with Crippen LogP contribution in [0.15, 0.2) is 79.1 Å². The Morgan fingerprint density at radius 2 is 1.75 bits per heavy atom. The first-order valence-electron chi connectivity index (χ1n) is 8.78. The highest BCUT2D eigenvalue weighted by molar-refractivity contribution is 6.30. The quantitative estimate of drug-likeness (QED) is 0.496. The van der Waals surface area contributed by atoms with Crippen molar-refractivity contribution in [2.45, 2.75) is 6.54 Å². The zero-order valence-corrected chi connectivity index (χ0v) is 15.6. The average Bonchev–Trinajstić information content (AvgIpc) is 2.74. The molecule has 0 saturated carbocycles. The van der Waals surface area contributed by atoms with Crippen molar-refractivity contribution in [1.29, 1.82) is 0 Å². The fraction of sp³-hybridized carbons (Fsp3) is 0.0455. The highest BCUT2D eigenvalue weighted by Gasteiger charge is 2.09. The molecule has 1 amide bonds. The Hall–Kier alpha value is -3.44. The normalized spacial score (nSPS) is 10.6. The number of carbonyl (C=O) groups excluding carboxylic acids is 1. The molecule has 2 N–H and O–H groups in total. The largest absolute Gasteiger partial charge is 0.366 e. The summed E-state index contributed by atoms with van der Waals surface area (Å²) in [4.78, 5) is 21.2. The van der Waals surface area contributed by atoms with Gasteiger partial charge in [0.15, 0.2) is 0 Å². The van der Waals surface area contributed by atoms with E-state index < -0.39 is 0 Å². The predicted octanol–water partition coefficient (Wildman–Crippen LogP) is 5.15. The molecule has 2 aromatic carbocycles. The molecule has 4 aromatic rings. The number of fused-ring (bicyclic) bond motifs is 1. The second kappa shape index (κ2) is 8.06. The van der Waals surface area contributed by atoms with Crippen molar-refractivity contribution in [1.82, 2.24) is 9.97 Å². The third-order valence-electron chi connectivity index (χ3n) is 4.29. The van der Waals surface area contributed by atoms with E-state index in [4.69, 9.17) is 11.6 Å². The van der Waals surface area contributed by atoms with Gasteiger partial charge >= 0.3 is 0 Å². The van der Waals surface area contributed by atoms with Gasteiger partial charge in [0.25, 0.3) is 5.91 Å². The van der Waals surface area contributed by atoms with Crippen molar-refractivity contribution >= 4 is 39.9 Å². The lowest BCUT2D eigenvalue weighted by atomic mass is 10.2. The Balaban J connectivity index is 1.43. The van der Waals surface area contributed by atoms with Crippen molar-refractivity contribution in [3.05, 3.63) is 95.3 Å². The fourth-order valence-corrected chi connectivity index (χ4v) is 2.95. The first kappa shape index (κ1) is 17.9. The minimum atomic E-state index is -0.227. The van der Waals surface area contributed by atoms with Crippen LogP contribution in [-0.4, -0.2) is 15.9 Å². The maximum atomic E-state index is 12.6. The number of amides is 1. The molecule has 5 nitrogen and oxygen atoms in total. The van der Waals surface area contributed by atoms with Crippen LogP contribution in [0.25, 0.3) is 10.9 Å². The summed E-state index contributed by atoms with van der Waals surface area (Å²) < 4.78 is 0. The van der Waals surface area contributed by atoms with Gasteiger partial charge in [-0.3, -0.25) is 9.78 Å². The van der Waals surface area contributed by atoms with Gasteiger partial charge in [-0.1, -0.05) is 41.9 Å². The summed E-state index contributed by atoms with van der Waals surface area (Å²) in [5.41, 5.74) is 3.00. The monoisotopic (exact) mass is 388 g/mol. The maximum Gasteiger partial charge on any atom is 0.257 e. The van der Waals surface area contributed by atoms with E-state index in [0.717, 1.165) is 16.5 Å². The van der Waals surface area contributed by atoms with Gasteiger partial charge in [-0.15, -0.1) is 0 Å². The van der Waals surface area contributed by atoms with Crippen molar-refractivity contribution in [2.75, 3.05) is 10.6 Å². The molecule has 4 rings (SSSR count). The molecule has 0 aliphatic heterocycles. The van der Waals surface area contributed by atoms with Crippen LogP contribution in [0.1, 0.15) is 15.9 Å². The summed E-state index contributed by atoms with van der Waals surface area (Å²) in [6.45, 7) is 0.622. The molecule has 0 bridgehead atoms. The Kier molecular flexibility index (Phi) is 5.17. The molecule has 2 heterocycles. The van der Waals surface area contributed by atoms with Gasteiger partial charge in [0.2, 0.25) is 0 Å². The van der Waals surface area contributed by atoms with Gasteiger partial charge < -0.3 is 10.6 Å². The number of anilines is 2. The Morgan fingerprint density at radius 1 is 0.929 bits per heavy atom. The number of benzene rings is 2. The molecule has 0 fully saturated rings. The number of aromatic nitrogens is 2. The van der Waals surface area contributed by atoms with E-state index in [1.54, 1.807) is 24.5 Å². The zero-order valence-electron chi connectivity index (χ0n) is 14.9. The number of rotatable bonds is 5. The first-order chi connectivity index (χ1) is 13.7. The van der Waals surface area contributed by atoms with Gasteiger partial charge in [-0.05, 0) is 42.0 Å². The molecular formula is C22H17ClN4O. The third-order valence-corrected chi connectivity index (χ3v) is 4.55. The van der Waals surface area contributed by atoms with E-state index in [1.165, 1.54) is 0 Å². The number of nitrogens with zero attached hydrogens (tertiary/aromatic N) is 2. The lowest BCUT2D eigenvalue weighted by Crippen LogP contribution is -2.13. The number of hydrogen-bond acceptors (Lipinski definition) is 4. The molecule has 28 heavy (non-hydrogen) atoms. The summed E-state index contributed by atoms with van der Waals surface area (Å²) in [7, 11) is 0. The Morgan fingerprint density at radius 3 is 2.54 bits per heavy atom. The van der Waals surface area contributed by atoms with E-state index in [9.17, 15) is 4.79 Å². The van der Waals surface area contributed by atoms with Crippen molar-refractivity contribution < 1.29 is 4.79 Å². The molecule has 0 saturated heterocycles. The molecule has 0 aliphatic carbocycles. The number of para-hydroxylation sites is 1. The summed E-state index contributed by atoms with van der Waals surface area (Å²) in [5.74, 6) is 0.466. The first-order valence-corrected chi connectivity index (χ1v) is 9.16. The van der Waals surface area contributed by atoms with Gasteiger partial charge in [0.05, 0.1) is 16.8 Å². The Labute approximate surface area is 167 Å². The van der Waals surface area contributed by atoms with Crippen LogP contribution in [0.5, 0.6) is 0 Å². The van der Waals surface area contributed by atoms with Gasteiger partial charge in [-0.2, -0.15) is 0 Å². The van der Waals surface area contributed by atoms with E-state index in [2.05, 4.69) is 20.6 Å². The molecule has 0 unspecified atom stereocenters. The van der Waals surface area contributed by atoms with Crippen LogP contribution in [0, 0.1) is 0 Å². The second-order valence-corrected chi connectivity index (χ2v) is 6.68. The lowest BCUT2D eigenvalue weighted by Gasteiger charge is -2.09. The van der Waals surface area contributed by atoms with Crippen LogP contribution in [0.3, 0.4) is 0 Å². The maximum absolute atomic E-state index is 12.6. The Bertz CT molecular complexity index is 1110. The third kappa shape index (κ3) is 4.10. The van der Waals surface area contributed by atoms with Gasteiger partial charge in [0.1, 0.15) is 5.82 Å². The lowest BCUT2D eigenvalue weighted by molar-refractivity contribution is 0.102. The van der Waals surface area contributed by atoms with Crippen LogP contribution in [-0.2, 0) is 6.54 Å². The average molecular weight is 389 g/mol. The van der Waals surface area contributed by atoms with Gasteiger partial charge in [0, 0.05) is 29.3 Å². The minimum Gasteiger partial charge on any atom is -0.366 e. The number of nitrogens with one attached hydrogen (secondary N) is 2. The number of hydrogen-bond donors (Lipinski definition) is 2. The molecule has 0 spiro atoms. The molecule has 2 aromatic heterocycles. The molecule has 6 heteroatoms. The molecule has 0 aliphatic rings. The zero-order chi connectivity index (χ0) is 19.3. The van der Waals surface area contributed by atoms with Crippen molar-refractivity contribution in [2.24, 2.45) is 0 Å². The summed E-state index contributed by atoms with van der Waals surface area (Å²) in [6.07, 6.45) is 3.26. The summed E-state index contributed by atoms with van der Waals surface area (Å²) >= 11 is 5.89.